The zero-order valence-corrected chi connectivity index (χ0v) is 11.4. The van der Waals surface area contributed by atoms with Gasteiger partial charge in [-0.15, -0.1) is 0 Å². The van der Waals surface area contributed by atoms with Crippen molar-refractivity contribution < 1.29 is 14.7 Å². The van der Waals surface area contributed by atoms with Gasteiger partial charge in [0.25, 0.3) is 5.91 Å². The van der Waals surface area contributed by atoms with Crippen molar-refractivity contribution in [2.75, 3.05) is 13.2 Å². The third kappa shape index (κ3) is 2.72. The molecule has 1 aromatic rings. The molecule has 2 rings (SSSR count). The molecule has 1 aliphatic heterocycles. The number of nitrogens with one attached hydrogen (secondary N) is 1. The van der Waals surface area contributed by atoms with E-state index >= 15 is 0 Å². The van der Waals surface area contributed by atoms with E-state index in [1.54, 1.807) is 12.1 Å². The number of hydrogen-bond acceptors (Lipinski definition) is 3. The maximum absolute atomic E-state index is 12.2. The first-order chi connectivity index (χ1) is 9.54. The van der Waals surface area contributed by atoms with Crippen LogP contribution in [-0.2, 0) is 4.79 Å². The molecule has 20 heavy (non-hydrogen) atoms. The number of carbonyl (C=O) groups is 2. The quantitative estimate of drug-likeness (QED) is 0.841. The topological polar surface area (TPSA) is 69.6 Å². The number of benzene rings is 1. The van der Waals surface area contributed by atoms with E-state index in [1.165, 1.54) is 4.90 Å². The Balaban J connectivity index is 2.04. The van der Waals surface area contributed by atoms with Gasteiger partial charge in [0, 0.05) is 29.5 Å². The number of nitrogens with zero attached hydrogens (tertiary/aromatic N) is 1. The summed E-state index contributed by atoms with van der Waals surface area (Å²) >= 11 is 0. The summed E-state index contributed by atoms with van der Waals surface area (Å²) in [5, 5.41) is 11.5. The highest BCUT2D eigenvalue weighted by Crippen LogP contribution is 2.30. The molecule has 1 aliphatic rings. The number of aliphatic hydroxyl groups is 1. The van der Waals surface area contributed by atoms with E-state index in [1.807, 2.05) is 19.1 Å². The summed E-state index contributed by atoms with van der Waals surface area (Å²) in [4.78, 5) is 25.5. The first kappa shape index (κ1) is 14.3. The predicted molar refractivity (Wildman–Crippen MR) is 75.8 cm³/mol. The highest BCUT2D eigenvalue weighted by atomic mass is 16.3. The first-order valence-electron chi connectivity index (χ1n) is 6.55. The molecule has 1 unspecified atom stereocenters. The van der Waals surface area contributed by atoms with Gasteiger partial charge >= 0.3 is 0 Å². The van der Waals surface area contributed by atoms with Gasteiger partial charge in [-0.05, 0) is 19.4 Å². The minimum Gasteiger partial charge on any atom is -0.396 e. The highest BCUT2D eigenvalue weighted by molar-refractivity contribution is 6.10. The largest absolute Gasteiger partial charge is 0.396 e. The summed E-state index contributed by atoms with van der Waals surface area (Å²) < 4.78 is 0. The molecule has 0 aliphatic carbocycles. The number of rotatable bonds is 5. The second-order valence-electron chi connectivity index (χ2n) is 4.86. The van der Waals surface area contributed by atoms with Gasteiger partial charge in [0.15, 0.2) is 0 Å². The van der Waals surface area contributed by atoms with Gasteiger partial charge < -0.3 is 10.4 Å². The number of fused-ring (bicyclic) bond motifs is 1. The van der Waals surface area contributed by atoms with E-state index in [2.05, 4.69) is 11.9 Å². The fourth-order valence-electron chi connectivity index (χ4n) is 2.23. The summed E-state index contributed by atoms with van der Waals surface area (Å²) in [5.74, 6) is -0.455. The van der Waals surface area contributed by atoms with Crippen molar-refractivity contribution in [1.82, 2.24) is 10.2 Å². The molecule has 1 atom stereocenters. The van der Waals surface area contributed by atoms with Crippen molar-refractivity contribution in [2.24, 2.45) is 0 Å². The third-order valence-electron chi connectivity index (χ3n) is 3.31. The standard InChI is InChI=1S/C15H18N2O3/c1-10(7-8-18)16-14(19)9-17-11(2)12-5-3-4-6-13(12)15(17)20/h3-6,10,18H,2,7-9H2,1H3,(H,16,19). The molecule has 0 aromatic heterocycles. The molecule has 0 spiro atoms. The van der Waals surface area contributed by atoms with Gasteiger partial charge in [0.2, 0.25) is 5.91 Å². The molecule has 0 radical (unpaired) electrons. The summed E-state index contributed by atoms with van der Waals surface area (Å²) in [6, 6.07) is 7.05. The average molecular weight is 274 g/mol. The second-order valence-corrected chi connectivity index (χ2v) is 4.86. The Labute approximate surface area is 117 Å². The summed E-state index contributed by atoms with van der Waals surface area (Å²) in [6.45, 7) is 5.65. The monoisotopic (exact) mass is 274 g/mol. The molecule has 2 N–H and O–H groups in total. The lowest BCUT2D eigenvalue weighted by Crippen LogP contribution is -2.41. The normalized spacial score (nSPS) is 15.2. The fraction of sp³-hybridized carbons (Fsp3) is 0.333. The van der Waals surface area contributed by atoms with Crippen LogP contribution in [0.5, 0.6) is 0 Å². The Morgan fingerprint density at radius 1 is 1.40 bits per heavy atom. The average Bonchev–Trinajstić information content (AvgIpc) is 2.65. The van der Waals surface area contributed by atoms with Crippen LogP contribution in [0.4, 0.5) is 0 Å². The molecule has 1 aromatic carbocycles. The van der Waals surface area contributed by atoms with Crippen LogP contribution in [0.2, 0.25) is 0 Å². The molecule has 5 nitrogen and oxygen atoms in total. The minimum atomic E-state index is -0.256. The molecule has 0 fully saturated rings. The van der Waals surface area contributed by atoms with Crippen molar-refractivity contribution in [3.63, 3.8) is 0 Å². The molecule has 1 heterocycles. The van der Waals surface area contributed by atoms with Crippen LogP contribution in [-0.4, -0.2) is 41.0 Å². The molecule has 106 valence electrons. The third-order valence-corrected chi connectivity index (χ3v) is 3.31. The molecular weight excluding hydrogens is 256 g/mol. The highest BCUT2D eigenvalue weighted by Gasteiger charge is 2.31. The van der Waals surface area contributed by atoms with E-state index in [0.717, 1.165) is 5.56 Å². The molecule has 0 saturated heterocycles. The zero-order valence-electron chi connectivity index (χ0n) is 11.4. The van der Waals surface area contributed by atoms with Crippen LogP contribution in [0.25, 0.3) is 5.70 Å². The Morgan fingerprint density at radius 2 is 2.05 bits per heavy atom. The van der Waals surface area contributed by atoms with Gasteiger partial charge in [0.05, 0.1) is 0 Å². The Bertz CT molecular complexity index is 519. The van der Waals surface area contributed by atoms with E-state index < -0.39 is 0 Å². The molecule has 0 bridgehead atoms. The number of carbonyl (C=O) groups excluding carboxylic acids is 2. The maximum atomic E-state index is 12.2. The molecule has 5 heteroatoms. The van der Waals surface area contributed by atoms with E-state index in [9.17, 15) is 9.59 Å². The lowest BCUT2D eigenvalue weighted by molar-refractivity contribution is -0.121. The van der Waals surface area contributed by atoms with Gasteiger partial charge in [-0.1, -0.05) is 24.8 Å². The van der Waals surface area contributed by atoms with Crippen molar-refractivity contribution in [1.29, 1.82) is 0 Å². The number of hydrogen-bond donors (Lipinski definition) is 2. The van der Waals surface area contributed by atoms with Crippen LogP contribution in [0.1, 0.15) is 29.3 Å². The lowest BCUT2D eigenvalue weighted by Gasteiger charge is -2.19. The first-order valence-corrected chi connectivity index (χ1v) is 6.55. The zero-order chi connectivity index (χ0) is 14.7. The van der Waals surface area contributed by atoms with E-state index in [0.29, 0.717) is 17.7 Å². The lowest BCUT2D eigenvalue weighted by atomic mass is 10.1. The summed E-state index contributed by atoms with van der Waals surface area (Å²) in [5.41, 5.74) is 1.90. The number of amides is 2. The van der Waals surface area contributed by atoms with Gasteiger partial charge in [-0.25, -0.2) is 0 Å². The van der Waals surface area contributed by atoms with Gasteiger partial charge in [-0.3, -0.25) is 14.5 Å². The van der Waals surface area contributed by atoms with Gasteiger partial charge in [-0.2, -0.15) is 0 Å². The van der Waals surface area contributed by atoms with Crippen molar-refractivity contribution >= 4 is 17.5 Å². The number of aliphatic hydroxyl groups excluding tert-OH is 1. The predicted octanol–water partition coefficient (Wildman–Crippen LogP) is 1.00. The van der Waals surface area contributed by atoms with E-state index in [-0.39, 0.29) is 31.0 Å². The van der Waals surface area contributed by atoms with Crippen LogP contribution in [0, 0.1) is 0 Å². The fourth-order valence-corrected chi connectivity index (χ4v) is 2.23. The molecular formula is C15H18N2O3. The smallest absolute Gasteiger partial charge is 0.259 e. The Hall–Kier alpha value is -2.14. The summed E-state index contributed by atoms with van der Waals surface area (Å²) in [6.07, 6.45) is 0.487. The van der Waals surface area contributed by atoms with E-state index in [4.69, 9.17) is 5.11 Å². The van der Waals surface area contributed by atoms with Crippen molar-refractivity contribution in [3.8, 4) is 0 Å². The van der Waals surface area contributed by atoms with Crippen molar-refractivity contribution in [3.05, 3.63) is 42.0 Å². The minimum absolute atomic E-state index is 0.0161. The second kappa shape index (κ2) is 5.88. The molecule has 0 saturated carbocycles. The van der Waals surface area contributed by atoms with Gasteiger partial charge in [0.1, 0.15) is 6.54 Å². The summed E-state index contributed by atoms with van der Waals surface area (Å²) in [7, 11) is 0. The SMILES string of the molecule is C=C1c2ccccc2C(=O)N1CC(=O)NC(C)CCO. The van der Waals surface area contributed by atoms with Crippen LogP contribution >= 0.6 is 0 Å². The van der Waals surface area contributed by atoms with Crippen molar-refractivity contribution in [2.45, 2.75) is 19.4 Å². The Morgan fingerprint density at radius 3 is 2.65 bits per heavy atom. The molecule has 2 amide bonds. The maximum Gasteiger partial charge on any atom is 0.259 e. The van der Waals surface area contributed by atoms with Crippen LogP contribution < -0.4 is 5.32 Å². The Kier molecular flexibility index (Phi) is 4.20. The van der Waals surface area contributed by atoms with Crippen LogP contribution in [0.15, 0.2) is 30.8 Å². The van der Waals surface area contributed by atoms with Crippen LogP contribution in [0.3, 0.4) is 0 Å².